The lowest BCUT2D eigenvalue weighted by atomic mass is 10.2. The summed E-state index contributed by atoms with van der Waals surface area (Å²) in [4.78, 5) is 31.3. The summed E-state index contributed by atoms with van der Waals surface area (Å²) < 4.78 is 0. The molecule has 0 atom stereocenters. The maximum atomic E-state index is 12.5. The molecule has 0 bridgehead atoms. The number of hydrogen-bond acceptors (Lipinski definition) is 4. The first-order valence-corrected chi connectivity index (χ1v) is 11.9. The highest BCUT2D eigenvalue weighted by Crippen LogP contribution is 2.21. The molecule has 2 N–H and O–H groups in total. The van der Waals surface area contributed by atoms with E-state index >= 15 is 0 Å². The topological polar surface area (TPSA) is 57.1 Å². The van der Waals surface area contributed by atoms with Crippen LogP contribution in [0, 0.1) is 0 Å². The van der Waals surface area contributed by atoms with Crippen molar-refractivity contribution in [1.82, 2.24) is 4.90 Å². The molecule has 2 aromatic rings. The van der Waals surface area contributed by atoms with Gasteiger partial charge in [0.05, 0.1) is 31.1 Å². The number of nitrogens with one attached hydrogen (secondary N) is 2. The van der Waals surface area contributed by atoms with Gasteiger partial charge in [-0.1, -0.05) is 18.9 Å². The molecular weight excluding hydrogens is 396 g/mol. The number of carbonyl (C=O) groups is 2. The van der Waals surface area contributed by atoms with Crippen molar-refractivity contribution in [1.29, 1.82) is 0 Å². The van der Waals surface area contributed by atoms with Crippen molar-refractivity contribution in [3.63, 3.8) is 0 Å². The molecule has 1 aromatic heterocycles. The number of thiophene rings is 1. The van der Waals surface area contributed by atoms with Gasteiger partial charge in [-0.15, -0.1) is 11.3 Å². The van der Waals surface area contributed by atoms with E-state index in [4.69, 9.17) is 0 Å². The quantitative estimate of drug-likeness (QED) is 0.769. The van der Waals surface area contributed by atoms with Crippen LogP contribution in [0.2, 0.25) is 0 Å². The molecule has 30 heavy (non-hydrogen) atoms. The monoisotopic (exact) mass is 427 g/mol. The number of benzene rings is 1. The number of nitrogens with zero attached hydrogens (tertiary/aromatic N) is 2. The number of quaternary nitrogens is 1. The zero-order valence-electron chi connectivity index (χ0n) is 17.4. The van der Waals surface area contributed by atoms with Gasteiger partial charge in [-0.05, 0) is 48.6 Å². The van der Waals surface area contributed by atoms with Crippen molar-refractivity contribution in [2.24, 2.45) is 0 Å². The Balaban J connectivity index is 1.22. The van der Waals surface area contributed by atoms with Crippen molar-refractivity contribution in [3.8, 4) is 0 Å². The maximum Gasteiger partial charge on any atom is 0.279 e. The molecule has 7 heteroatoms. The number of piperazine rings is 1. The maximum absolute atomic E-state index is 12.5. The predicted molar refractivity (Wildman–Crippen MR) is 122 cm³/mol. The molecule has 2 saturated heterocycles. The first kappa shape index (κ1) is 20.9. The molecule has 2 amide bonds. The van der Waals surface area contributed by atoms with Crippen molar-refractivity contribution < 1.29 is 14.5 Å². The Kier molecular flexibility index (Phi) is 7.02. The largest absolute Gasteiger partial charge is 0.372 e. The highest BCUT2D eigenvalue weighted by Gasteiger charge is 2.26. The van der Waals surface area contributed by atoms with Crippen LogP contribution in [-0.2, 0) is 4.79 Å². The molecule has 2 fully saturated rings. The van der Waals surface area contributed by atoms with Gasteiger partial charge in [0.15, 0.2) is 6.54 Å². The fourth-order valence-electron chi connectivity index (χ4n) is 4.28. The Labute approximate surface area is 182 Å². The zero-order valence-corrected chi connectivity index (χ0v) is 18.3. The second kappa shape index (κ2) is 10.1. The van der Waals surface area contributed by atoms with E-state index in [0.717, 1.165) is 36.7 Å². The predicted octanol–water partition coefficient (Wildman–Crippen LogP) is 2.11. The third-order valence-corrected chi connectivity index (χ3v) is 6.88. The average Bonchev–Trinajstić information content (AvgIpc) is 3.17. The molecule has 0 aliphatic carbocycles. The van der Waals surface area contributed by atoms with E-state index in [9.17, 15) is 9.59 Å². The van der Waals surface area contributed by atoms with Gasteiger partial charge in [0, 0.05) is 24.5 Å². The molecule has 0 radical (unpaired) electrons. The number of rotatable bonds is 5. The third kappa shape index (κ3) is 5.40. The Bertz CT molecular complexity index is 821. The highest BCUT2D eigenvalue weighted by molar-refractivity contribution is 7.12. The fraction of sp³-hybridized carbons (Fsp3) is 0.478. The lowest BCUT2D eigenvalue weighted by Gasteiger charge is -2.31. The van der Waals surface area contributed by atoms with Crippen LogP contribution >= 0.6 is 11.3 Å². The van der Waals surface area contributed by atoms with Gasteiger partial charge in [0.2, 0.25) is 0 Å². The molecule has 0 saturated carbocycles. The lowest BCUT2D eigenvalue weighted by molar-refractivity contribution is -0.895. The molecule has 6 nitrogen and oxygen atoms in total. The van der Waals surface area contributed by atoms with E-state index in [1.165, 1.54) is 47.6 Å². The van der Waals surface area contributed by atoms with Crippen LogP contribution in [0.3, 0.4) is 0 Å². The molecule has 2 aliphatic heterocycles. The van der Waals surface area contributed by atoms with Gasteiger partial charge >= 0.3 is 0 Å². The first-order valence-electron chi connectivity index (χ1n) is 11.0. The SMILES string of the molecule is O=C(C[NH+]1CCN(C(=O)c2cccs2)CC1)Nc1ccc(N2CCCCCC2)cc1. The summed E-state index contributed by atoms with van der Waals surface area (Å²) in [6, 6.07) is 12.0. The summed E-state index contributed by atoms with van der Waals surface area (Å²) in [6.45, 7) is 5.69. The Morgan fingerprint density at radius 1 is 0.933 bits per heavy atom. The van der Waals surface area contributed by atoms with Crippen molar-refractivity contribution >= 4 is 34.5 Å². The molecule has 3 heterocycles. The molecule has 0 spiro atoms. The van der Waals surface area contributed by atoms with Crippen LogP contribution in [0.5, 0.6) is 0 Å². The normalized spacial score (nSPS) is 18.1. The van der Waals surface area contributed by atoms with Gasteiger partial charge in [-0.3, -0.25) is 9.59 Å². The first-order chi connectivity index (χ1) is 14.7. The van der Waals surface area contributed by atoms with E-state index in [2.05, 4.69) is 22.3 Å². The van der Waals surface area contributed by atoms with E-state index in [0.29, 0.717) is 19.6 Å². The summed E-state index contributed by atoms with van der Waals surface area (Å²) in [7, 11) is 0. The van der Waals surface area contributed by atoms with Crippen LogP contribution in [0.25, 0.3) is 0 Å². The third-order valence-electron chi connectivity index (χ3n) is 6.02. The minimum absolute atomic E-state index is 0.0329. The molecule has 0 unspecified atom stereocenters. The standard InChI is InChI=1S/C23H30N4O2S/c28-22(18-25-13-15-27(16-14-25)23(29)21-6-5-17-30-21)24-19-7-9-20(10-8-19)26-11-3-1-2-4-12-26/h5-10,17H,1-4,11-16,18H2,(H,24,28)/p+1. The zero-order chi connectivity index (χ0) is 20.8. The van der Waals surface area contributed by atoms with Gasteiger partial charge in [0.1, 0.15) is 0 Å². The minimum Gasteiger partial charge on any atom is -0.372 e. The Morgan fingerprint density at radius 2 is 1.63 bits per heavy atom. The van der Waals surface area contributed by atoms with E-state index in [1.54, 1.807) is 0 Å². The summed E-state index contributed by atoms with van der Waals surface area (Å²) in [6.07, 6.45) is 5.16. The Morgan fingerprint density at radius 3 is 2.27 bits per heavy atom. The Hall–Kier alpha value is -2.38. The second-order valence-electron chi connectivity index (χ2n) is 8.19. The van der Waals surface area contributed by atoms with Gasteiger partial charge in [0.25, 0.3) is 11.8 Å². The van der Waals surface area contributed by atoms with Crippen LogP contribution in [-0.4, -0.2) is 62.5 Å². The summed E-state index contributed by atoms with van der Waals surface area (Å²) in [5.41, 5.74) is 2.09. The lowest BCUT2D eigenvalue weighted by Crippen LogP contribution is -3.15. The van der Waals surface area contributed by atoms with E-state index in [-0.39, 0.29) is 11.8 Å². The number of anilines is 2. The van der Waals surface area contributed by atoms with Crippen LogP contribution in [0.4, 0.5) is 11.4 Å². The smallest absolute Gasteiger partial charge is 0.279 e. The summed E-state index contributed by atoms with van der Waals surface area (Å²) >= 11 is 1.48. The van der Waals surface area contributed by atoms with Gasteiger partial charge < -0.3 is 20.0 Å². The van der Waals surface area contributed by atoms with Crippen molar-refractivity contribution in [2.75, 3.05) is 56.0 Å². The second-order valence-corrected chi connectivity index (χ2v) is 9.14. The molecule has 160 valence electrons. The van der Waals surface area contributed by atoms with Gasteiger partial charge in [-0.25, -0.2) is 0 Å². The van der Waals surface area contributed by atoms with E-state index < -0.39 is 0 Å². The van der Waals surface area contributed by atoms with Crippen LogP contribution in [0.1, 0.15) is 35.4 Å². The van der Waals surface area contributed by atoms with Crippen molar-refractivity contribution in [3.05, 3.63) is 46.7 Å². The molecule has 4 rings (SSSR count). The molecule has 1 aromatic carbocycles. The number of carbonyl (C=O) groups excluding carboxylic acids is 2. The number of amides is 2. The van der Waals surface area contributed by atoms with Crippen LogP contribution < -0.4 is 15.1 Å². The summed E-state index contributed by atoms with van der Waals surface area (Å²) in [5, 5.41) is 4.96. The van der Waals surface area contributed by atoms with Crippen LogP contribution in [0.15, 0.2) is 41.8 Å². The average molecular weight is 428 g/mol. The van der Waals surface area contributed by atoms with E-state index in [1.807, 2.05) is 34.5 Å². The molecular formula is C23H31N4O2S+. The highest BCUT2D eigenvalue weighted by atomic mass is 32.1. The van der Waals surface area contributed by atoms with Crippen molar-refractivity contribution in [2.45, 2.75) is 25.7 Å². The minimum atomic E-state index is 0.0329. The molecule has 2 aliphatic rings. The summed E-state index contributed by atoms with van der Waals surface area (Å²) in [5.74, 6) is 0.142. The number of hydrogen-bond donors (Lipinski definition) is 2. The fourth-order valence-corrected chi connectivity index (χ4v) is 4.97. The van der Waals surface area contributed by atoms with Gasteiger partial charge in [-0.2, -0.15) is 0 Å².